The molecule has 0 aliphatic heterocycles. The van der Waals surface area contributed by atoms with Crippen molar-refractivity contribution < 1.29 is 0 Å². The van der Waals surface area contributed by atoms with Gasteiger partial charge in [0.05, 0.1) is 5.52 Å². The Kier molecular flexibility index (Phi) is 11.4. The van der Waals surface area contributed by atoms with Crippen molar-refractivity contribution in [2.45, 2.75) is 12.8 Å². The lowest BCUT2D eigenvalue weighted by Crippen LogP contribution is -2.12. The first kappa shape index (κ1) is 43.2. The topological polar surface area (TPSA) is 20.5 Å². The zero-order valence-corrected chi connectivity index (χ0v) is 39.7. The molecule has 3 nitrogen and oxygen atoms in total. The lowest BCUT2D eigenvalue weighted by Gasteiger charge is -2.25. The summed E-state index contributed by atoms with van der Waals surface area (Å²) in [6.45, 7) is 4.32. The van der Waals surface area contributed by atoms with E-state index in [9.17, 15) is 0 Å². The normalized spacial score (nSPS) is 12.5. The fourth-order valence-electron chi connectivity index (χ4n) is 10.8. The van der Waals surface area contributed by atoms with Crippen molar-refractivity contribution >= 4 is 72.5 Å². The lowest BCUT2D eigenvalue weighted by atomic mass is 9.84. The van der Waals surface area contributed by atoms with E-state index in [-0.39, 0.29) is 0 Å². The molecule has 0 saturated carbocycles. The van der Waals surface area contributed by atoms with E-state index in [0.717, 1.165) is 34.6 Å². The zero-order chi connectivity index (χ0) is 47.7. The number of hydrogen-bond acceptors (Lipinski definition) is 2. The van der Waals surface area contributed by atoms with Crippen LogP contribution in [0.25, 0.3) is 93.9 Å². The number of fused-ring (bicyclic) bond motifs is 6. The molecule has 0 atom stereocenters. The van der Waals surface area contributed by atoms with Crippen LogP contribution in [0.3, 0.4) is 0 Å². The van der Waals surface area contributed by atoms with Gasteiger partial charge < -0.3 is 9.47 Å². The second-order valence-electron chi connectivity index (χ2n) is 18.3. The number of hydrogen-bond donors (Lipinski definition) is 0. The summed E-state index contributed by atoms with van der Waals surface area (Å²) in [5.74, 6) is 0. The van der Waals surface area contributed by atoms with Gasteiger partial charge in [0.25, 0.3) is 0 Å². The summed E-state index contributed by atoms with van der Waals surface area (Å²) < 4.78 is 2.44. The van der Waals surface area contributed by atoms with E-state index in [0.29, 0.717) is 6.42 Å². The molecule has 12 rings (SSSR count). The molecule has 0 unspecified atom stereocenters. The van der Waals surface area contributed by atoms with Crippen LogP contribution in [-0.4, -0.2) is 17.8 Å². The maximum absolute atomic E-state index is 4.95. The maximum Gasteiger partial charge on any atom is 0.0537 e. The van der Waals surface area contributed by atoms with Gasteiger partial charge in [0, 0.05) is 71.6 Å². The Morgan fingerprint density at radius 1 is 0.577 bits per heavy atom. The van der Waals surface area contributed by atoms with Gasteiger partial charge in [-0.25, -0.2) is 0 Å². The van der Waals surface area contributed by atoms with Crippen molar-refractivity contribution in [2.24, 2.45) is 4.99 Å². The van der Waals surface area contributed by atoms with Crippen LogP contribution in [0, 0.1) is 0 Å². The average molecular weight is 910 g/mol. The molecule has 3 heteroatoms. The minimum Gasteiger partial charge on any atom is -0.344 e. The molecule has 1 aliphatic carbocycles. The molecule has 0 spiro atoms. The SMILES string of the molecule is C=C/C(=C\N=CCc1ccc(-c2c3ccccc3c(-c3cccc4ccccc34)c3ccccc23)cc1)c1cc(N(C)c2ccccc2-c2ccccc2)cc(-n2c3c(c4ccccc42)C=CC=CC3)c1. The summed E-state index contributed by atoms with van der Waals surface area (Å²) in [5, 5.41) is 8.76. The number of anilines is 2. The second-order valence-corrected chi connectivity index (χ2v) is 18.3. The Bertz CT molecular complexity index is 3890. The zero-order valence-electron chi connectivity index (χ0n) is 39.7. The monoisotopic (exact) mass is 909 g/mol. The van der Waals surface area contributed by atoms with Crippen LogP contribution in [0.5, 0.6) is 0 Å². The van der Waals surface area contributed by atoms with Gasteiger partial charge in [0.15, 0.2) is 0 Å². The highest BCUT2D eigenvalue weighted by atomic mass is 15.1. The van der Waals surface area contributed by atoms with Crippen LogP contribution in [0.1, 0.15) is 22.4 Å². The standard InChI is InChI=1S/C68H51N3/c1-3-48(46-69-42-41-47-37-39-51(40-38-47)67-60-29-12-14-31-62(60)68(63-32-15-13-30-61(63)67)59-33-20-24-49-23-10-11-25-55(49)59)52-43-53(70(2)64-34-18-16-26-56(64)50-21-6-4-7-22-50)45-54(44-52)71-65-35-9-5-8-27-57(65)58-28-17-19-36-66(58)71/h3-34,36-40,42-46H,1,35,41H2,2H3/b48-46+,69-42?. The molecule has 0 bridgehead atoms. The van der Waals surface area contributed by atoms with Crippen LogP contribution in [-0.2, 0) is 12.8 Å². The van der Waals surface area contributed by atoms with Gasteiger partial charge in [-0.3, -0.25) is 4.99 Å². The predicted molar refractivity (Wildman–Crippen MR) is 305 cm³/mol. The Balaban J connectivity index is 0.895. The molecule has 338 valence electrons. The molecular formula is C68H51N3. The van der Waals surface area contributed by atoms with E-state index in [1.54, 1.807) is 0 Å². The number of aromatic nitrogens is 1. The van der Waals surface area contributed by atoms with Crippen molar-refractivity contribution in [3.63, 3.8) is 0 Å². The molecule has 0 radical (unpaired) electrons. The van der Waals surface area contributed by atoms with Gasteiger partial charge >= 0.3 is 0 Å². The van der Waals surface area contributed by atoms with E-state index in [1.807, 2.05) is 18.5 Å². The van der Waals surface area contributed by atoms with Crippen molar-refractivity contribution in [3.05, 3.63) is 272 Å². The maximum atomic E-state index is 4.95. The summed E-state index contributed by atoms with van der Waals surface area (Å²) in [5.41, 5.74) is 17.5. The fourth-order valence-corrected chi connectivity index (χ4v) is 10.8. The second kappa shape index (κ2) is 18.8. The lowest BCUT2D eigenvalue weighted by molar-refractivity contribution is 0.999. The molecule has 1 aliphatic rings. The van der Waals surface area contributed by atoms with Crippen molar-refractivity contribution in [2.75, 3.05) is 11.9 Å². The van der Waals surface area contributed by atoms with E-state index < -0.39 is 0 Å². The van der Waals surface area contributed by atoms with E-state index in [2.05, 4.69) is 260 Å². The number of benzene rings is 10. The first-order valence-corrected chi connectivity index (χ1v) is 24.5. The van der Waals surface area contributed by atoms with Crippen LogP contribution >= 0.6 is 0 Å². The fraction of sp³-hybridized carbons (Fsp3) is 0.0441. The molecule has 71 heavy (non-hydrogen) atoms. The van der Waals surface area contributed by atoms with E-state index >= 15 is 0 Å². The highest BCUT2D eigenvalue weighted by molar-refractivity contribution is 6.23. The minimum absolute atomic E-state index is 0.690. The number of allylic oxidation sites excluding steroid dienone is 5. The minimum atomic E-state index is 0.690. The molecule has 0 fully saturated rings. The Labute approximate surface area is 415 Å². The van der Waals surface area contributed by atoms with Gasteiger partial charge in [-0.15, -0.1) is 0 Å². The van der Waals surface area contributed by atoms with Crippen molar-refractivity contribution in [1.29, 1.82) is 0 Å². The summed E-state index contributed by atoms with van der Waals surface area (Å²) >= 11 is 0. The molecule has 0 amide bonds. The highest BCUT2D eigenvalue weighted by Crippen LogP contribution is 2.45. The molecule has 11 aromatic rings. The Morgan fingerprint density at radius 2 is 1.21 bits per heavy atom. The molecule has 1 aromatic heterocycles. The van der Waals surface area contributed by atoms with Crippen LogP contribution < -0.4 is 4.90 Å². The smallest absolute Gasteiger partial charge is 0.0537 e. The number of nitrogens with zero attached hydrogens (tertiary/aromatic N) is 3. The molecule has 0 saturated heterocycles. The number of rotatable bonds is 11. The third-order valence-electron chi connectivity index (χ3n) is 14.2. The van der Waals surface area contributed by atoms with Gasteiger partial charge in [-0.1, -0.05) is 219 Å². The van der Waals surface area contributed by atoms with Crippen LogP contribution in [0.15, 0.2) is 254 Å². The summed E-state index contributed by atoms with van der Waals surface area (Å²) in [6, 6.07) is 77.0. The van der Waals surface area contributed by atoms with Gasteiger partial charge in [0.2, 0.25) is 0 Å². The average Bonchev–Trinajstić information content (AvgIpc) is 3.54. The van der Waals surface area contributed by atoms with Crippen molar-refractivity contribution in [3.8, 4) is 39.1 Å². The molecular weight excluding hydrogens is 859 g/mol. The molecule has 0 N–H and O–H groups in total. The molecule has 10 aromatic carbocycles. The Morgan fingerprint density at radius 3 is 1.97 bits per heavy atom. The third kappa shape index (κ3) is 7.98. The quantitative estimate of drug-likeness (QED) is 0.0719. The summed E-state index contributed by atoms with van der Waals surface area (Å²) in [4.78, 5) is 7.25. The number of para-hydroxylation sites is 2. The first-order chi connectivity index (χ1) is 35.1. The van der Waals surface area contributed by atoms with E-state index in [4.69, 9.17) is 4.99 Å². The summed E-state index contributed by atoms with van der Waals surface area (Å²) in [7, 11) is 2.16. The largest absolute Gasteiger partial charge is 0.344 e. The van der Waals surface area contributed by atoms with Gasteiger partial charge in [-0.05, 0) is 107 Å². The van der Waals surface area contributed by atoms with E-state index in [1.165, 1.54) is 93.4 Å². The van der Waals surface area contributed by atoms with Gasteiger partial charge in [-0.2, -0.15) is 0 Å². The molecule has 1 heterocycles. The predicted octanol–water partition coefficient (Wildman–Crippen LogP) is 17.8. The van der Waals surface area contributed by atoms with Crippen LogP contribution in [0.2, 0.25) is 0 Å². The summed E-state index contributed by atoms with van der Waals surface area (Å²) in [6.07, 6.45) is 16.2. The third-order valence-corrected chi connectivity index (χ3v) is 14.2. The van der Waals surface area contributed by atoms with Crippen LogP contribution in [0.4, 0.5) is 11.4 Å². The Hall–Kier alpha value is -9.05. The first-order valence-electron chi connectivity index (χ1n) is 24.5. The van der Waals surface area contributed by atoms with Gasteiger partial charge in [0.1, 0.15) is 0 Å². The highest BCUT2D eigenvalue weighted by Gasteiger charge is 2.21. The van der Waals surface area contributed by atoms with Crippen molar-refractivity contribution in [1.82, 2.24) is 4.57 Å². The number of aliphatic imine (C=N–C) groups is 1.